The minimum absolute atomic E-state index is 0.0696. The van der Waals surface area contributed by atoms with Crippen molar-refractivity contribution in [3.8, 4) is 0 Å². The lowest BCUT2D eigenvalue weighted by Crippen LogP contribution is -2.52. The molecule has 0 spiro atoms. The first-order chi connectivity index (χ1) is 9.83. The van der Waals surface area contributed by atoms with E-state index < -0.39 is 0 Å². The number of carbonyl (C=O) groups excluding carboxylic acids is 1. The summed E-state index contributed by atoms with van der Waals surface area (Å²) in [6.07, 6.45) is 1.34. The third-order valence-electron chi connectivity index (χ3n) is 4.11. The largest absolute Gasteiger partial charge is 0.396 e. The van der Waals surface area contributed by atoms with Crippen molar-refractivity contribution in [1.29, 1.82) is 0 Å². The first-order valence-electron chi connectivity index (χ1n) is 7.55. The molecule has 1 aromatic carbocycles. The van der Waals surface area contributed by atoms with Crippen LogP contribution in [0.3, 0.4) is 0 Å². The molecule has 0 bridgehead atoms. The number of nitrogens with one attached hydrogen (secondary N) is 2. The summed E-state index contributed by atoms with van der Waals surface area (Å²) < 4.78 is 0. The molecule has 1 rings (SSSR count). The van der Waals surface area contributed by atoms with Crippen LogP contribution in [-0.4, -0.2) is 29.8 Å². The van der Waals surface area contributed by atoms with Gasteiger partial charge in [0.25, 0.3) is 0 Å². The standard InChI is InChI=1S/C17H28N2O2/c1-5-17(4,11-12-20)19-15(21)18-13-16(2,3)14-9-7-6-8-10-14/h6-10,20H,5,11-13H2,1-4H3,(H2,18,19,21). The Balaban J connectivity index is 2.56. The highest BCUT2D eigenvalue weighted by Gasteiger charge is 2.25. The lowest BCUT2D eigenvalue weighted by molar-refractivity contribution is 0.199. The summed E-state index contributed by atoms with van der Waals surface area (Å²) in [6.45, 7) is 8.79. The van der Waals surface area contributed by atoms with Gasteiger partial charge in [0.05, 0.1) is 0 Å². The third kappa shape index (κ3) is 5.38. The van der Waals surface area contributed by atoms with E-state index in [1.54, 1.807) is 0 Å². The molecule has 1 atom stereocenters. The van der Waals surface area contributed by atoms with Gasteiger partial charge >= 0.3 is 6.03 Å². The van der Waals surface area contributed by atoms with Crippen LogP contribution in [0.15, 0.2) is 30.3 Å². The number of rotatable bonds is 7. The average Bonchev–Trinajstić information content (AvgIpc) is 2.46. The van der Waals surface area contributed by atoms with Crippen LogP contribution in [0.5, 0.6) is 0 Å². The number of urea groups is 1. The van der Waals surface area contributed by atoms with Gasteiger partial charge in [-0.15, -0.1) is 0 Å². The Morgan fingerprint density at radius 1 is 1.19 bits per heavy atom. The molecule has 0 heterocycles. The number of amides is 2. The molecule has 1 unspecified atom stereocenters. The molecule has 21 heavy (non-hydrogen) atoms. The second-order valence-corrected chi connectivity index (χ2v) is 6.45. The fraction of sp³-hybridized carbons (Fsp3) is 0.588. The van der Waals surface area contributed by atoms with Crippen molar-refractivity contribution in [2.75, 3.05) is 13.2 Å². The Bertz CT molecular complexity index is 445. The van der Waals surface area contributed by atoms with Gasteiger partial charge in [0.2, 0.25) is 0 Å². The summed E-state index contributed by atoms with van der Waals surface area (Å²) in [6, 6.07) is 9.96. The molecule has 118 valence electrons. The predicted octanol–water partition coefficient (Wildman–Crippen LogP) is 2.81. The third-order valence-corrected chi connectivity index (χ3v) is 4.11. The molecule has 0 fully saturated rings. The zero-order valence-corrected chi connectivity index (χ0v) is 13.6. The summed E-state index contributed by atoms with van der Waals surface area (Å²) in [5.74, 6) is 0. The molecule has 2 amide bonds. The van der Waals surface area contributed by atoms with Gasteiger partial charge in [0.15, 0.2) is 0 Å². The number of benzene rings is 1. The van der Waals surface area contributed by atoms with Crippen molar-refractivity contribution in [3.63, 3.8) is 0 Å². The fourth-order valence-electron chi connectivity index (χ4n) is 2.19. The minimum Gasteiger partial charge on any atom is -0.396 e. The van der Waals surface area contributed by atoms with E-state index in [-0.39, 0.29) is 23.6 Å². The van der Waals surface area contributed by atoms with E-state index in [0.29, 0.717) is 13.0 Å². The van der Waals surface area contributed by atoms with Gasteiger partial charge in [0, 0.05) is 24.1 Å². The van der Waals surface area contributed by atoms with E-state index >= 15 is 0 Å². The van der Waals surface area contributed by atoms with Gasteiger partial charge in [-0.3, -0.25) is 0 Å². The average molecular weight is 292 g/mol. The van der Waals surface area contributed by atoms with Crippen molar-refractivity contribution in [3.05, 3.63) is 35.9 Å². The van der Waals surface area contributed by atoms with E-state index in [4.69, 9.17) is 5.11 Å². The first kappa shape index (κ1) is 17.5. The molecule has 0 saturated heterocycles. The molecular formula is C17H28N2O2. The molecule has 0 aliphatic carbocycles. The van der Waals surface area contributed by atoms with Crippen LogP contribution in [0, 0.1) is 0 Å². The number of hydrogen-bond acceptors (Lipinski definition) is 2. The summed E-state index contributed by atoms with van der Waals surface area (Å²) in [4.78, 5) is 12.1. The zero-order valence-electron chi connectivity index (χ0n) is 13.6. The van der Waals surface area contributed by atoms with Crippen LogP contribution in [0.2, 0.25) is 0 Å². The Hall–Kier alpha value is -1.55. The molecule has 3 N–H and O–H groups in total. The molecule has 0 aliphatic heterocycles. The Labute approximate surface area is 128 Å². The minimum atomic E-state index is -0.365. The van der Waals surface area contributed by atoms with Crippen molar-refractivity contribution in [2.45, 2.75) is 51.5 Å². The van der Waals surface area contributed by atoms with Gasteiger partial charge in [-0.2, -0.15) is 0 Å². The van der Waals surface area contributed by atoms with Crippen LogP contribution in [0.1, 0.15) is 46.1 Å². The van der Waals surface area contributed by atoms with Crippen molar-refractivity contribution < 1.29 is 9.90 Å². The molecule has 0 saturated carbocycles. The van der Waals surface area contributed by atoms with Crippen LogP contribution < -0.4 is 10.6 Å². The van der Waals surface area contributed by atoms with Crippen molar-refractivity contribution in [2.24, 2.45) is 0 Å². The van der Waals surface area contributed by atoms with Gasteiger partial charge in [-0.05, 0) is 25.3 Å². The molecule has 0 aliphatic rings. The highest BCUT2D eigenvalue weighted by atomic mass is 16.3. The number of carbonyl (C=O) groups is 1. The SMILES string of the molecule is CCC(C)(CCO)NC(=O)NCC(C)(C)c1ccccc1. The summed E-state index contributed by atoms with van der Waals surface area (Å²) in [7, 11) is 0. The maximum absolute atomic E-state index is 12.1. The maximum Gasteiger partial charge on any atom is 0.315 e. The lowest BCUT2D eigenvalue weighted by atomic mass is 9.85. The molecule has 4 heteroatoms. The van der Waals surface area contributed by atoms with E-state index in [9.17, 15) is 4.79 Å². The second-order valence-electron chi connectivity index (χ2n) is 6.45. The van der Waals surface area contributed by atoms with Gasteiger partial charge < -0.3 is 15.7 Å². The first-order valence-corrected chi connectivity index (χ1v) is 7.55. The lowest BCUT2D eigenvalue weighted by Gasteiger charge is -2.31. The van der Waals surface area contributed by atoms with Crippen molar-refractivity contribution in [1.82, 2.24) is 10.6 Å². The van der Waals surface area contributed by atoms with Crippen LogP contribution >= 0.6 is 0 Å². The summed E-state index contributed by atoms with van der Waals surface area (Å²) in [5, 5.41) is 15.0. The normalized spacial score (nSPS) is 14.3. The van der Waals surface area contributed by atoms with Gasteiger partial charge in [-0.1, -0.05) is 51.1 Å². The summed E-state index contributed by atoms with van der Waals surface area (Å²) in [5.41, 5.74) is 0.701. The van der Waals surface area contributed by atoms with Crippen LogP contribution in [-0.2, 0) is 5.41 Å². The van der Waals surface area contributed by atoms with Crippen LogP contribution in [0.25, 0.3) is 0 Å². The van der Waals surface area contributed by atoms with E-state index in [1.807, 2.05) is 32.0 Å². The number of aliphatic hydroxyl groups excluding tert-OH is 1. The van der Waals surface area contributed by atoms with E-state index in [2.05, 4.69) is 36.6 Å². The van der Waals surface area contributed by atoms with Crippen LogP contribution in [0.4, 0.5) is 4.79 Å². The van der Waals surface area contributed by atoms with Gasteiger partial charge in [0.1, 0.15) is 0 Å². The van der Waals surface area contributed by atoms with Crippen molar-refractivity contribution >= 4 is 6.03 Å². The predicted molar refractivity (Wildman–Crippen MR) is 86.4 cm³/mol. The second kappa shape index (κ2) is 7.46. The molecule has 0 radical (unpaired) electrons. The highest BCUT2D eigenvalue weighted by molar-refractivity contribution is 5.74. The monoisotopic (exact) mass is 292 g/mol. The number of hydrogen-bond donors (Lipinski definition) is 3. The fourth-order valence-corrected chi connectivity index (χ4v) is 2.19. The maximum atomic E-state index is 12.1. The topological polar surface area (TPSA) is 61.4 Å². The Kier molecular flexibility index (Phi) is 6.21. The van der Waals surface area contributed by atoms with E-state index in [1.165, 1.54) is 5.56 Å². The molecule has 0 aromatic heterocycles. The highest BCUT2D eigenvalue weighted by Crippen LogP contribution is 2.21. The smallest absolute Gasteiger partial charge is 0.315 e. The quantitative estimate of drug-likeness (QED) is 0.723. The summed E-state index contributed by atoms with van der Waals surface area (Å²) >= 11 is 0. The van der Waals surface area contributed by atoms with E-state index in [0.717, 1.165) is 6.42 Å². The Morgan fingerprint density at radius 2 is 1.81 bits per heavy atom. The zero-order chi connectivity index (χ0) is 15.9. The Morgan fingerprint density at radius 3 is 2.33 bits per heavy atom. The van der Waals surface area contributed by atoms with Gasteiger partial charge in [-0.25, -0.2) is 4.79 Å². The molecular weight excluding hydrogens is 264 g/mol. The number of aliphatic hydroxyl groups is 1. The molecule has 1 aromatic rings. The molecule has 4 nitrogen and oxygen atoms in total.